The molecule has 8 heteroatoms. The third kappa shape index (κ3) is 3.79. The van der Waals surface area contributed by atoms with Gasteiger partial charge in [0.25, 0.3) is 11.6 Å². The molecule has 0 spiro atoms. The lowest BCUT2D eigenvalue weighted by molar-refractivity contribution is -0.385. The van der Waals surface area contributed by atoms with Crippen LogP contribution >= 0.6 is 0 Å². The van der Waals surface area contributed by atoms with Crippen molar-refractivity contribution in [1.29, 1.82) is 0 Å². The van der Waals surface area contributed by atoms with E-state index in [9.17, 15) is 19.7 Å². The molecule has 0 radical (unpaired) electrons. The number of piperazine rings is 1. The minimum atomic E-state index is -0.459. The molecule has 3 rings (SSSR count). The number of carbonyl (C=O) groups excluding carboxylic acids is 2. The number of aryl methyl sites for hydroxylation is 1. The van der Waals surface area contributed by atoms with Gasteiger partial charge < -0.3 is 14.5 Å². The van der Waals surface area contributed by atoms with Crippen LogP contribution in [0.5, 0.6) is 5.75 Å². The lowest BCUT2D eigenvalue weighted by atomic mass is 10.1. The van der Waals surface area contributed by atoms with E-state index in [1.54, 1.807) is 24.8 Å². The number of hydrogen-bond acceptors (Lipinski definition) is 5. The second-order valence-corrected chi connectivity index (χ2v) is 6.88. The maximum atomic E-state index is 12.4. The summed E-state index contributed by atoms with van der Waals surface area (Å²) in [6.45, 7) is 5.33. The molecule has 2 fully saturated rings. The number of rotatable bonds is 5. The fourth-order valence-electron chi connectivity index (χ4n) is 3.23. The molecular weight excluding hydrogens is 338 g/mol. The summed E-state index contributed by atoms with van der Waals surface area (Å²) >= 11 is 0. The molecule has 0 atom stereocenters. The zero-order chi connectivity index (χ0) is 18.8. The van der Waals surface area contributed by atoms with Crippen LogP contribution in [0.15, 0.2) is 12.1 Å². The van der Waals surface area contributed by atoms with Crippen molar-refractivity contribution in [2.45, 2.75) is 26.7 Å². The van der Waals surface area contributed by atoms with Crippen LogP contribution in [-0.2, 0) is 9.59 Å². The van der Waals surface area contributed by atoms with Gasteiger partial charge in [-0.3, -0.25) is 19.7 Å². The molecule has 140 valence electrons. The van der Waals surface area contributed by atoms with Gasteiger partial charge in [0.05, 0.1) is 10.5 Å². The van der Waals surface area contributed by atoms with Crippen LogP contribution in [0.25, 0.3) is 0 Å². The Bertz CT molecular complexity index is 737. The Hall–Kier alpha value is -2.64. The Kier molecular flexibility index (Phi) is 5.11. The number of amides is 2. The number of nitrogens with zero attached hydrogens (tertiary/aromatic N) is 3. The number of hydrogen-bond donors (Lipinski definition) is 0. The van der Waals surface area contributed by atoms with Crippen molar-refractivity contribution < 1.29 is 19.2 Å². The Morgan fingerprint density at radius 1 is 1.15 bits per heavy atom. The van der Waals surface area contributed by atoms with E-state index in [0.29, 0.717) is 37.5 Å². The summed E-state index contributed by atoms with van der Waals surface area (Å²) < 4.78 is 5.62. The second-order valence-electron chi connectivity index (χ2n) is 6.88. The minimum absolute atomic E-state index is 0.0229. The van der Waals surface area contributed by atoms with Crippen LogP contribution in [-0.4, -0.2) is 59.3 Å². The molecule has 1 aliphatic heterocycles. The van der Waals surface area contributed by atoms with Crippen molar-refractivity contribution in [2.75, 3.05) is 32.8 Å². The van der Waals surface area contributed by atoms with Crippen molar-refractivity contribution in [2.24, 2.45) is 5.92 Å². The van der Waals surface area contributed by atoms with E-state index in [2.05, 4.69) is 0 Å². The highest BCUT2D eigenvalue weighted by molar-refractivity contribution is 5.82. The Labute approximate surface area is 151 Å². The number of carbonyl (C=O) groups is 2. The molecule has 8 nitrogen and oxygen atoms in total. The summed E-state index contributed by atoms with van der Waals surface area (Å²) in [4.78, 5) is 38.6. The summed E-state index contributed by atoms with van der Waals surface area (Å²) in [5, 5.41) is 11.1. The molecule has 1 aliphatic carbocycles. The summed E-state index contributed by atoms with van der Waals surface area (Å²) in [7, 11) is 0. The van der Waals surface area contributed by atoms with Gasteiger partial charge >= 0.3 is 0 Å². The quantitative estimate of drug-likeness (QED) is 0.587. The van der Waals surface area contributed by atoms with Gasteiger partial charge in [0.15, 0.2) is 6.61 Å². The van der Waals surface area contributed by atoms with Crippen molar-refractivity contribution >= 4 is 17.5 Å². The third-order valence-electron chi connectivity index (χ3n) is 4.98. The SMILES string of the molecule is Cc1ccc([N+](=O)[O-])c(C)c1OCC(=O)N1CCN(C(=O)C2CC2)CC1. The average Bonchev–Trinajstić information content (AvgIpc) is 3.45. The molecule has 0 N–H and O–H groups in total. The summed E-state index contributed by atoms with van der Waals surface area (Å²) in [6, 6.07) is 3.06. The van der Waals surface area contributed by atoms with E-state index >= 15 is 0 Å². The lowest BCUT2D eigenvalue weighted by Gasteiger charge is -2.34. The summed E-state index contributed by atoms with van der Waals surface area (Å²) in [6.07, 6.45) is 1.96. The van der Waals surface area contributed by atoms with Crippen LogP contribution in [0.2, 0.25) is 0 Å². The Balaban J connectivity index is 1.55. The largest absolute Gasteiger partial charge is 0.483 e. The first-order valence-corrected chi connectivity index (χ1v) is 8.82. The maximum absolute atomic E-state index is 12.4. The molecule has 0 unspecified atom stereocenters. The number of nitro benzene ring substituents is 1. The van der Waals surface area contributed by atoms with Gasteiger partial charge in [-0.25, -0.2) is 0 Å². The van der Waals surface area contributed by atoms with E-state index in [-0.39, 0.29) is 30.0 Å². The molecule has 2 aliphatic rings. The fourth-order valence-corrected chi connectivity index (χ4v) is 3.23. The molecule has 2 amide bonds. The van der Waals surface area contributed by atoms with Gasteiger partial charge in [-0.15, -0.1) is 0 Å². The zero-order valence-electron chi connectivity index (χ0n) is 15.1. The number of nitro groups is 1. The van der Waals surface area contributed by atoms with Gasteiger partial charge in [0.1, 0.15) is 5.75 Å². The van der Waals surface area contributed by atoms with Gasteiger partial charge in [0, 0.05) is 38.2 Å². The molecule has 1 heterocycles. The van der Waals surface area contributed by atoms with Crippen LogP contribution < -0.4 is 4.74 Å². The van der Waals surface area contributed by atoms with Gasteiger partial charge in [-0.05, 0) is 38.3 Å². The van der Waals surface area contributed by atoms with E-state index in [1.165, 1.54) is 6.07 Å². The van der Waals surface area contributed by atoms with E-state index in [1.807, 2.05) is 4.90 Å². The first-order chi connectivity index (χ1) is 12.4. The van der Waals surface area contributed by atoms with Crippen LogP contribution in [0, 0.1) is 29.9 Å². The van der Waals surface area contributed by atoms with Gasteiger partial charge in [0.2, 0.25) is 5.91 Å². The predicted molar refractivity (Wildman–Crippen MR) is 93.9 cm³/mol. The average molecular weight is 361 g/mol. The molecule has 26 heavy (non-hydrogen) atoms. The first kappa shape index (κ1) is 18.2. The molecular formula is C18H23N3O5. The minimum Gasteiger partial charge on any atom is -0.483 e. The molecule has 0 aromatic heterocycles. The number of benzene rings is 1. The molecule has 1 aromatic rings. The summed E-state index contributed by atoms with van der Waals surface area (Å²) in [5.74, 6) is 0.612. The van der Waals surface area contributed by atoms with E-state index < -0.39 is 4.92 Å². The normalized spacial score (nSPS) is 17.2. The van der Waals surface area contributed by atoms with Crippen LogP contribution in [0.1, 0.15) is 24.0 Å². The lowest BCUT2D eigenvalue weighted by Crippen LogP contribution is -2.52. The van der Waals surface area contributed by atoms with Crippen molar-refractivity contribution in [3.63, 3.8) is 0 Å². The van der Waals surface area contributed by atoms with Gasteiger partial charge in [-0.1, -0.05) is 0 Å². The predicted octanol–water partition coefficient (Wildman–Crippen LogP) is 1.67. The molecule has 0 bridgehead atoms. The van der Waals surface area contributed by atoms with Gasteiger partial charge in [-0.2, -0.15) is 0 Å². The summed E-state index contributed by atoms with van der Waals surface area (Å²) in [5.41, 5.74) is 1.15. The molecule has 1 saturated carbocycles. The highest BCUT2D eigenvalue weighted by Crippen LogP contribution is 2.32. The Morgan fingerprint density at radius 2 is 1.77 bits per heavy atom. The Morgan fingerprint density at radius 3 is 2.35 bits per heavy atom. The monoisotopic (exact) mass is 361 g/mol. The highest BCUT2D eigenvalue weighted by atomic mass is 16.6. The van der Waals surface area contributed by atoms with Crippen molar-refractivity contribution in [3.05, 3.63) is 33.4 Å². The number of ether oxygens (including phenoxy) is 1. The molecule has 1 saturated heterocycles. The second kappa shape index (κ2) is 7.31. The third-order valence-corrected chi connectivity index (χ3v) is 4.98. The van der Waals surface area contributed by atoms with Crippen LogP contribution in [0.3, 0.4) is 0 Å². The maximum Gasteiger partial charge on any atom is 0.276 e. The van der Waals surface area contributed by atoms with Crippen molar-refractivity contribution in [3.8, 4) is 5.75 Å². The van der Waals surface area contributed by atoms with Crippen LogP contribution in [0.4, 0.5) is 5.69 Å². The highest BCUT2D eigenvalue weighted by Gasteiger charge is 2.35. The standard InChI is InChI=1S/C18H23N3O5/c1-12-3-6-15(21(24)25)13(2)17(12)26-11-16(22)19-7-9-20(10-8-19)18(23)14-4-5-14/h3,6,14H,4-5,7-11H2,1-2H3. The topological polar surface area (TPSA) is 93.0 Å². The smallest absolute Gasteiger partial charge is 0.276 e. The van der Waals surface area contributed by atoms with Crippen molar-refractivity contribution in [1.82, 2.24) is 9.80 Å². The zero-order valence-corrected chi connectivity index (χ0v) is 15.1. The molecule has 1 aromatic carbocycles. The fraction of sp³-hybridized carbons (Fsp3) is 0.556. The first-order valence-electron chi connectivity index (χ1n) is 8.82. The van der Waals surface area contributed by atoms with E-state index in [0.717, 1.165) is 18.4 Å². The van der Waals surface area contributed by atoms with E-state index in [4.69, 9.17) is 4.74 Å².